The molecule has 0 aromatic heterocycles. The van der Waals surface area contributed by atoms with Crippen molar-refractivity contribution in [1.29, 1.82) is 0 Å². The number of rotatable bonds is 7. The summed E-state index contributed by atoms with van der Waals surface area (Å²) in [6.45, 7) is 1.69. The highest BCUT2D eigenvalue weighted by Crippen LogP contribution is 2.29. The lowest BCUT2D eigenvalue weighted by Gasteiger charge is -2.21. The third-order valence-corrected chi connectivity index (χ3v) is 5.31. The molecule has 1 aliphatic rings. The number of likely N-dealkylation sites (N-methyl/N-ethyl adjacent to an activating group) is 1. The average molecular weight is 384 g/mol. The lowest BCUT2D eigenvalue weighted by atomic mass is 10.2. The maximum atomic E-state index is 12.5. The number of para-hydroxylation sites is 2. The fourth-order valence-electron chi connectivity index (χ4n) is 3.25. The zero-order valence-electron chi connectivity index (χ0n) is 15.8. The molecule has 6 heteroatoms. The fraction of sp³-hybridized carbons (Fsp3) is 0.333. The van der Waals surface area contributed by atoms with Crippen LogP contribution in [0.5, 0.6) is 0 Å². The van der Waals surface area contributed by atoms with Gasteiger partial charge >= 0.3 is 0 Å². The molecular weight excluding hydrogens is 358 g/mol. The van der Waals surface area contributed by atoms with Crippen LogP contribution in [0.1, 0.15) is 18.4 Å². The van der Waals surface area contributed by atoms with Crippen LogP contribution in [-0.4, -0.2) is 43.1 Å². The van der Waals surface area contributed by atoms with E-state index >= 15 is 0 Å². The first-order valence-electron chi connectivity index (χ1n) is 9.07. The van der Waals surface area contributed by atoms with Crippen LogP contribution in [0, 0.1) is 0 Å². The van der Waals surface area contributed by atoms with Crippen molar-refractivity contribution in [3.05, 3.63) is 54.1 Å². The van der Waals surface area contributed by atoms with Gasteiger partial charge < -0.3 is 10.2 Å². The minimum Gasteiger partial charge on any atom is -0.323 e. The van der Waals surface area contributed by atoms with Crippen LogP contribution in [0.2, 0.25) is 0 Å². The highest BCUT2D eigenvalue weighted by Gasteiger charge is 2.24. The molecule has 142 valence electrons. The molecule has 0 unspecified atom stereocenters. The topological polar surface area (TPSA) is 52.7 Å². The van der Waals surface area contributed by atoms with Crippen LogP contribution < -0.4 is 10.2 Å². The van der Waals surface area contributed by atoms with Crippen molar-refractivity contribution >= 4 is 35.0 Å². The van der Waals surface area contributed by atoms with E-state index in [0.717, 1.165) is 12.1 Å². The summed E-state index contributed by atoms with van der Waals surface area (Å²) in [5.74, 6) is 0.0276. The molecular formula is C21H25N3O2S. The molecule has 0 aliphatic carbocycles. The molecule has 27 heavy (non-hydrogen) atoms. The third kappa shape index (κ3) is 5.11. The second kappa shape index (κ2) is 9.06. The molecule has 0 spiro atoms. The van der Waals surface area contributed by atoms with Gasteiger partial charge in [0, 0.05) is 24.4 Å². The van der Waals surface area contributed by atoms with Gasteiger partial charge in [0.15, 0.2) is 0 Å². The van der Waals surface area contributed by atoms with E-state index in [1.54, 1.807) is 16.7 Å². The Morgan fingerprint density at radius 2 is 1.93 bits per heavy atom. The van der Waals surface area contributed by atoms with Crippen molar-refractivity contribution in [3.63, 3.8) is 0 Å². The normalized spacial score (nSPS) is 14.0. The van der Waals surface area contributed by atoms with Crippen LogP contribution >= 0.6 is 11.8 Å². The van der Waals surface area contributed by atoms with Gasteiger partial charge in [-0.2, -0.15) is 0 Å². The molecule has 0 radical (unpaired) electrons. The molecule has 1 heterocycles. The Balaban J connectivity index is 1.59. The molecule has 2 amide bonds. The fourth-order valence-corrected chi connectivity index (χ4v) is 3.66. The Labute approximate surface area is 164 Å². The van der Waals surface area contributed by atoms with Crippen LogP contribution in [0.4, 0.5) is 11.4 Å². The van der Waals surface area contributed by atoms with Gasteiger partial charge in [-0.3, -0.25) is 14.5 Å². The maximum Gasteiger partial charge on any atom is 0.238 e. The Hall–Kier alpha value is -2.31. The summed E-state index contributed by atoms with van der Waals surface area (Å²) in [5.41, 5.74) is 2.64. The predicted octanol–water partition coefficient (Wildman–Crippen LogP) is 3.61. The second-order valence-corrected chi connectivity index (χ2v) is 7.61. The van der Waals surface area contributed by atoms with Gasteiger partial charge in [-0.15, -0.1) is 11.8 Å². The smallest absolute Gasteiger partial charge is 0.238 e. The quantitative estimate of drug-likeness (QED) is 0.742. The summed E-state index contributed by atoms with van der Waals surface area (Å²) in [6, 6.07) is 15.9. The maximum absolute atomic E-state index is 12.5. The molecule has 1 fully saturated rings. The van der Waals surface area contributed by atoms with Crippen LogP contribution in [0.15, 0.2) is 53.4 Å². The first-order chi connectivity index (χ1) is 13.1. The number of thioether (sulfide) groups is 1. The first kappa shape index (κ1) is 19.5. The van der Waals surface area contributed by atoms with Crippen LogP contribution in [-0.2, 0) is 16.1 Å². The molecule has 2 aromatic rings. The van der Waals surface area contributed by atoms with Crippen molar-refractivity contribution < 1.29 is 9.59 Å². The van der Waals surface area contributed by atoms with Crippen molar-refractivity contribution in [2.24, 2.45) is 0 Å². The van der Waals surface area contributed by atoms with Gasteiger partial charge in [-0.1, -0.05) is 24.3 Å². The number of amides is 2. The molecule has 1 N–H and O–H groups in total. The summed E-state index contributed by atoms with van der Waals surface area (Å²) in [6.07, 6.45) is 3.48. The highest BCUT2D eigenvalue weighted by molar-refractivity contribution is 7.98. The van der Waals surface area contributed by atoms with E-state index in [2.05, 4.69) is 35.8 Å². The zero-order chi connectivity index (χ0) is 19.2. The second-order valence-electron chi connectivity index (χ2n) is 6.73. The minimum atomic E-state index is -0.0858. The van der Waals surface area contributed by atoms with Gasteiger partial charge in [-0.25, -0.2) is 0 Å². The predicted molar refractivity (Wildman–Crippen MR) is 111 cm³/mol. The number of carbonyl (C=O) groups excluding carboxylic acids is 2. The SMILES string of the molecule is CSc1ccc(CN(C)CC(=O)Nc2ccccc2N2CCCC2=O)cc1. The number of anilines is 2. The molecule has 5 nitrogen and oxygen atoms in total. The van der Waals surface area contributed by atoms with E-state index in [4.69, 9.17) is 0 Å². The Morgan fingerprint density at radius 3 is 2.59 bits per heavy atom. The lowest BCUT2D eigenvalue weighted by molar-refractivity contribution is -0.118. The van der Waals surface area contributed by atoms with Crippen molar-refractivity contribution in [2.75, 3.05) is 36.6 Å². The summed E-state index contributed by atoms with van der Waals surface area (Å²) in [4.78, 5) is 29.5. The van der Waals surface area contributed by atoms with E-state index in [1.807, 2.05) is 36.2 Å². The number of hydrogen-bond acceptors (Lipinski definition) is 4. The van der Waals surface area contributed by atoms with Crippen LogP contribution in [0.25, 0.3) is 0 Å². The summed E-state index contributed by atoms with van der Waals surface area (Å²) < 4.78 is 0. The van der Waals surface area contributed by atoms with Gasteiger partial charge in [-0.05, 0) is 49.6 Å². The molecule has 1 saturated heterocycles. The third-order valence-electron chi connectivity index (χ3n) is 4.57. The van der Waals surface area contributed by atoms with Gasteiger partial charge in [0.2, 0.25) is 11.8 Å². The largest absolute Gasteiger partial charge is 0.323 e. The number of nitrogens with zero attached hydrogens (tertiary/aromatic N) is 2. The molecule has 0 atom stereocenters. The summed E-state index contributed by atoms with van der Waals surface area (Å²) in [5, 5.41) is 2.97. The number of carbonyl (C=O) groups is 2. The molecule has 1 aliphatic heterocycles. The summed E-state index contributed by atoms with van der Waals surface area (Å²) >= 11 is 1.71. The van der Waals surface area contributed by atoms with Crippen molar-refractivity contribution in [2.45, 2.75) is 24.3 Å². The Morgan fingerprint density at radius 1 is 1.19 bits per heavy atom. The van der Waals surface area contributed by atoms with Gasteiger partial charge in [0.25, 0.3) is 0 Å². The molecule has 3 rings (SSSR count). The Kier molecular flexibility index (Phi) is 6.53. The first-order valence-corrected chi connectivity index (χ1v) is 10.3. The number of hydrogen-bond donors (Lipinski definition) is 1. The number of nitrogens with one attached hydrogen (secondary N) is 1. The lowest BCUT2D eigenvalue weighted by Crippen LogP contribution is -2.31. The monoisotopic (exact) mass is 383 g/mol. The van der Waals surface area contributed by atoms with E-state index in [-0.39, 0.29) is 18.4 Å². The molecule has 2 aromatic carbocycles. The van der Waals surface area contributed by atoms with Crippen molar-refractivity contribution in [1.82, 2.24) is 4.90 Å². The average Bonchev–Trinajstić information content (AvgIpc) is 3.08. The van der Waals surface area contributed by atoms with E-state index in [1.165, 1.54) is 10.5 Å². The van der Waals surface area contributed by atoms with E-state index in [9.17, 15) is 9.59 Å². The zero-order valence-corrected chi connectivity index (χ0v) is 16.6. The van der Waals surface area contributed by atoms with Crippen molar-refractivity contribution in [3.8, 4) is 0 Å². The number of benzene rings is 2. The highest BCUT2D eigenvalue weighted by atomic mass is 32.2. The standard InChI is InChI=1S/C21H25N3O2S/c1-23(14-16-9-11-17(27-2)12-10-16)15-20(25)22-18-6-3-4-7-19(18)24-13-5-8-21(24)26/h3-4,6-7,9-12H,5,8,13-15H2,1-2H3,(H,22,25). The molecule has 0 bridgehead atoms. The van der Waals surface area contributed by atoms with E-state index in [0.29, 0.717) is 25.2 Å². The van der Waals surface area contributed by atoms with E-state index < -0.39 is 0 Å². The van der Waals surface area contributed by atoms with Gasteiger partial charge in [0.1, 0.15) is 0 Å². The minimum absolute atomic E-state index is 0.0858. The summed E-state index contributed by atoms with van der Waals surface area (Å²) in [7, 11) is 1.93. The molecule has 0 saturated carbocycles. The Bertz CT molecular complexity index is 807. The van der Waals surface area contributed by atoms with Crippen LogP contribution in [0.3, 0.4) is 0 Å². The van der Waals surface area contributed by atoms with Gasteiger partial charge in [0.05, 0.1) is 17.9 Å².